The molecule has 0 saturated carbocycles. The molecule has 0 aliphatic carbocycles. The molecular formula is C17H18NO8P. The molecule has 6 atom stereocenters. The van der Waals surface area contributed by atoms with E-state index in [0.717, 1.165) is 0 Å². The van der Waals surface area contributed by atoms with Crippen molar-refractivity contribution in [2.24, 2.45) is 0 Å². The largest absolute Gasteiger partial charge is 0.480 e. The van der Waals surface area contributed by atoms with E-state index >= 15 is 0 Å². The second kappa shape index (κ2) is 5.40. The average Bonchev–Trinajstić information content (AvgIpc) is 3.25. The number of likely N-dealkylation sites (N-methyl/N-ethyl adjacent to an activating group) is 1. The molecule has 4 aliphatic rings. The third-order valence-electron chi connectivity index (χ3n) is 5.95. The quantitative estimate of drug-likeness (QED) is 0.556. The lowest BCUT2D eigenvalue weighted by Gasteiger charge is -2.52. The zero-order valence-corrected chi connectivity index (χ0v) is 15.6. The first-order chi connectivity index (χ1) is 12.9. The number of ether oxygens (including phenoxy) is 2. The minimum absolute atomic E-state index is 0.226. The Morgan fingerprint density at radius 2 is 1.96 bits per heavy atom. The second-order valence-corrected chi connectivity index (χ2v) is 8.60. The van der Waals surface area contributed by atoms with Gasteiger partial charge in [0.05, 0.1) is 18.7 Å². The third kappa shape index (κ3) is 1.96. The zero-order valence-electron chi connectivity index (χ0n) is 14.7. The van der Waals surface area contributed by atoms with E-state index in [0.29, 0.717) is 12.8 Å². The van der Waals surface area contributed by atoms with Crippen LogP contribution in [0.3, 0.4) is 0 Å². The van der Waals surface area contributed by atoms with Gasteiger partial charge in [0.2, 0.25) is 0 Å². The van der Waals surface area contributed by atoms with Gasteiger partial charge in [-0.2, -0.15) is 0 Å². The maximum Gasteiger partial charge on any atom is 0.480 e. The number of carbonyl (C=O) groups is 2. The van der Waals surface area contributed by atoms with Crippen LogP contribution < -0.4 is 0 Å². The highest BCUT2D eigenvalue weighted by molar-refractivity contribution is 7.49. The molecule has 9 nitrogen and oxygen atoms in total. The van der Waals surface area contributed by atoms with Crippen LogP contribution >= 0.6 is 7.82 Å². The van der Waals surface area contributed by atoms with E-state index in [1.165, 1.54) is 7.11 Å². The Bertz CT molecular complexity index is 877. The summed E-state index contributed by atoms with van der Waals surface area (Å²) in [5, 5.41) is 0. The summed E-state index contributed by atoms with van der Waals surface area (Å²) >= 11 is 0. The summed E-state index contributed by atoms with van der Waals surface area (Å²) in [6, 6.07) is 7.54. The number of nitrogens with zero attached hydrogens (tertiary/aromatic N) is 1. The number of hydrogen-bond acceptors (Lipinski definition) is 9. The SMILES string of the molecule is COC(=O)[C@@]12OP3(=O)OC([C@H]4CC[C@@H]1N4C)[C@]2(OC(=O)c1ccccc1)O3. The highest BCUT2D eigenvalue weighted by Crippen LogP contribution is 2.77. The summed E-state index contributed by atoms with van der Waals surface area (Å²) in [6.07, 6.45) is 0.291. The fourth-order valence-electron chi connectivity index (χ4n) is 4.84. The van der Waals surface area contributed by atoms with E-state index in [2.05, 4.69) is 0 Å². The van der Waals surface area contributed by atoms with E-state index in [4.69, 9.17) is 23.0 Å². The fraction of sp³-hybridized carbons (Fsp3) is 0.529. The third-order valence-corrected chi connectivity index (χ3v) is 7.44. The van der Waals surface area contributed by atoms with Gasteiger partial charge in [-0.05, 0) is 32.0 Å². The number of esters is 2. The van der Waals surface area contributed by atoms with Crippen LogP contribution in [0, 0.1) is 0 Å². The minimum Gasteiger partial charge on any atom is -0.467 e. The molecule has 144 valence electrons. The molecule has 4 bridgehead atoms. The number of carbonyl (C=O) groups excluding carboxylic acids is 2. The van der Waals surface area contributed by atoms with Gasteiger partial charge in [-0.1, -0.05) is 18.2 Å². The van der Waals surface area contributed by atoms with Crippen molar-refractivity contribution in [2.45, 2.75) is 42.4 Å². The predicted octanol–water partition coefficient (Wildman–Crippen LogP) is 1.48. The molecule has 4 heterocycles. The standard InChI is InChI=1S/C17H18NO8P/c1-18-11-8-9-12(18)16(15(20)22-2)17(13(11)24-27(21,25-16)26-17)23-14(19)10-6-4-3-5-7-10/h3-7,11-13H,8-9H2,1-2H3/t11-,12+,13?,16+,17+,27?/m1/s1. The Balaban J connectivity index is 1.66. The summed E-state index contributed by atoms with van der Waals surface area (Å²) < 4.78 is 40.4. The summed E-state index contributed by atoms with van der Waals surface area (Å²) in [5.74, 6) is -3.48. The molecule has 0 aromatic heterocycles. The van der Waals surface area contributed by atoms with Gasteiger partial charge in [0.1, 0.15) is 0 Å². The summed E-state index contributed by atoms with van der Waals surface area (Å²) in [5.41, 5.74) is -1.60. The van der Waals surface area contributed by atoms with Crippen molar-refractivity contribution in [3.8, 4) is 0 Å². The molecule has 0 spiro atoms. The minimum atomic E-state index is -4.07. The highest BCUT2D eigenvalue weighted by atomic mass is 31.2. The number of rotatable bonds is 3. The Labute approximate surface area is 155 Å². The van der Waals surface area contributed by atoms with Gasteiger partial charge < -0.3 is 9.47 Å². The van der Waals surface area contributed by atoms with Crippen molar-refractivity contribution < 1.29 is 37.2 Å². The summed E-state index contributed by atoms with van der Waals surface area (Å²) in [7, 11) is -1.04. The van der Waals surface area contributed by atoms with Crippen LogP contribution in [0.2, 0.25) is 0 Å². The Morgan fingerprint density at radius 1 is 1.22 bits per heavy atom. The number of piperidine rings is 1. The number of phosphoric ester groups is 1. The van der Waals surface area contributed by atoms with Gasteiger partial charge in [0, 0.05) is 6.04 Å². The van der Waals surface area contributed by atoms with Crippen LogP contribution in [-0.2, 0) is 32.4 Å². The summed E-state index contributed by atoms with van der Waals surface area (Å²) in [4.78, 5) is 27.7. The van der Waals surface area contributed by atoms with Crippen molar-refractivity contribution in [3.05, 3.63) is 35.9 Å². The van der Waals surface area contributed by atoms with Gasteiger partial charge in [-0.15, -0.1) is 0 Å². The van der Waals surface area contributed by atoms with Gasteiger partial charge in [-0.3, -0.25) is 13.9 Å². The van der Waals surface area contributed by atoms with Crippen LogP contribution in [0.4, 0.5) is 0 Å². The molecule has 27 heavy (non-hydrogen) atoms. The molecule has 0 N–H and O–H groups in total. The first-order valence-electron chi connectivity index (χ1n) is 8.65. The molecule has 0 amide bonds. The Kier molecular flexibility index (Phi) is 3.46. The van der Waals surface area contributed by atoms with Gasteiger partial charge in [0.15, 0.2) is 6.10 Å². The number of methoxy groups -OCH3 is 1. The number of fused-ring (bicyclic) bond motifs is 5. The average molecular weight is 395 g/mol. The van der Waals surface area contributed by atoms with Crippen LogP contribution in [0.1, 0.15) is 23.2 Å². The lowest BCUT2D eigenvalue weighted by atomic mass is 9.77. The first kappa shape index (κ1) is 17.3. The molecule has 10 heteroatoms. The topological polar surface area (TPSA) is 101 Å². The maximum absolute atomic E-state index is 12.9. The van der Waals surface area contributed by atoms with Crippen molar-refractivity contribution in [3.63, 3.8) is 0 Å². The molecule has 1 aromatic carbocycles. The first-order valence-corrected chi connectivity index (χ1v) is 10.1. The molecule has 4 fully saturated rings. The van der Waals surface area contributed by atoms with Crippen molar-refractivity contribution in [1.29, 1.82) is 0 Å². The molecule has 4 aliphatic heterocycles. The van der Waals surface area contributed by atoms with Crippen LogP contribution in [0.5, 0.6) is 0 Å². The van der Waals surface area contributed by atoms with Crippen molar-refractivity contribution >= 4 is 19.8 Å². The van der Waals surface area contributed by atoms with Crippen LogP contribution in [-0.4, -0.2) is 60.6 Å². The van der Waals surface area contributed by atoms with E-state index in [1.807, 2.05) is 11.9 Å². The smallest absolute Gasteiger partial charge is 0.467 e. The summed E-state index contributed by atoms with van der Waals surface area (Å²) in [6.45, 7) is 0. The van der Waals surface area contributed by atoms with Gasteiger partial charge in [0.25, 0.3) is 11.4 Å². The lowest BCUT2D eigenvalue weighted by molar-refractivity contribution is -0.283. The number of phosphoric acid groups is 1. The van der Waals surface area contributed by atoms with Crippen molar-refractivity contribution in [1.82, 2.24) is 4.90 Å². The van der Waals surface area contributed by atoms with Crippen LogP contribution in [0.25, 0.3) is 0 Å². The molecule has 0 radical (unpaired) electrons. The van der Waals surface area contributed by atoms with Crippen molar-refractivity contribution in [2.75, 3.05) is 14.2 Å². The molecule has 5 rings (SSSR count). The predicted molar refractivity (Wildman–Crippen MR) is 88.6 cm³/mol. The fourth-order valence-corrected chi connectivity index (χ4v) is 6.80. The second-order valence-electron chi connectivity index (χ2n) is 7.13. The number of benzene rings is 1. The normalized spacial score (nSPS) is 44.3. The van der Waals surface area contributed by atoms with Gasteiger partial charge in [-0.25, -0.2) is 18.7 Å². The van der Waals surface area contributed by atoms with E-state index in [1.54, 1.807) is 30.3 Å². The molecule has 4 saturated heterocycles. The molecular weight excluding hydrogens is 377 g/mol. The molecule has 2 unspecified atom stereocenters. The van der Waals surface area contributed by atoms with E-state index < -0.39 is 43.3 Å². The maximum atomic E-state index is 12.9. The van der Waals surface area contributed by atoms with Gasteiger partial charge >= 0.3 is 19.8 Å². The van der Waals surface area contributed by atoms with Crippen LogP contribution in [0.15, 0.2) is 30.3 Å². The zero-order chi connectivity index (χ0) is 19.0. The Morgan fingerprint density at radius 3 is 2.67 bits per heavy atom. The lowest BCUT2D eigenvalue weighted by Crippen LogP contribution is -2.78. The highest BCUT2D eigenvalue weighted by Gasteiger charge is 2.89. The molecule has 1 aromatic rings. The van der Waals surface area contributed by atoms with E-state index in [-0.39, 0.29) is 11.6 Å². The monoisotopic (exact) mass is 395 g/mol. The van der Waals surface area contributed by atoms with E-state index in [9.17, 15) is 14.2 Å². The Hall–Kier alpha value is -1.77. The number of hydrogen-bond donors (Lipinski definition) is 0.